The predicted octanol–water partition coefficient (Wildman–Crippen LogP) is 2.75. The molecule has 6 heteroatoms. The van der Waals surface area contributed by atoms with Crippen LogP contribution in [-0.4, -0.2) is 30.9 Å². The molecule has 0 unspecified atom stereocenters. The Morgan fingerprint density at radius 3 is 2.15 bits per heavy atom. The van der Waals surface area contributed by atoms with E-state index in [1.807, 2.05) is 32.0 Å². The highest BCUT2D eigenvalue weighted by atomic mass is 16.5. The topological polar surface area (TPSA) is 75.7 Å². The van der Waals surface area contributed by atoms with Gasteiger partial charge in [-0.2, -0.15) is 0 Å². The molecule has 0 spiro atoms. The Bertz CT molecular complexity index is 868. The van der Waals surface area contributed by atoms with Crippen molar-refractivity contribution >= 4 is 29.1 Å². The van der Waals surface area contributed by atoms with Crippen LogP contribution in [0.5, 0.6) is 0 Å². The van der Waals surface area contributed by atoms with Crippen LogP contribution in [-0.2, 0) is 14.3 Å². The predicted molar refractivity (Wildman–Crippen MR) is 98.4 cm³/mol. The second-order valence-corrected chi connectivity index (χ2v) is 6.45. The first-order chi connectivity index (χ1) is 12.3. The number of hydrogen-bond donors (Lipinski definition) is 1. The number of anilines is 2. The molecule has 1 heterocycles. The number of hydrogen-bond acceptors (Lipinski definition) is 4. The zero-order valence-electron chi connectivity index (χ0n) is 15.0. The van der Waals surface area contributed by atoms with Gasteiger partial charge in [0, 0.05) is 11.3 Å². The van der Waals surface area contributed by atoms with Crippen LogP contribution in [0.3, 0.4) is 0 Å². The van der Waals surface area contributed by atoms with E-state index in [0.717, 1.165) is 21.7 Å². The van der Waals surface area contributed by atoms with Gasteiger partial charge >= 0.3 is 0 Å². The third-order valence-electron chi connectivity index (χ3n) is 4.13. The van der Waals surface area contributed by atoms with E-state index in [9.17, 15) is 14.4 Å². The van der Waals surface area contributed by atoms with E-state index in [-0.39, 0.29) is 19.1 Å². The first-order valence-corrected chi connectivity index (χ1v) is 8.29. The van der Waals surface area contributed by atoms with Crippen molar-refractivity contribution in [3.05, 3.63) is 58.7 Å². The lowest BCUT2D eigenvalue weighted by molar-refractivity contribution is -0.138. The molecular formula is C20H20N2O4. The van der Waals surface area contributed by atoms with E-state index in [1.54, 1.807) is 25.1 Å². The van der Waals surface area contributed by atoms with E-state index in [1.165, 1.54) is 0 Å². The van der Waals surface area contributed by atoms with Gasteiger partial charge in [-0.15, -0.1) is 0 Å². The number of nitrogens with one attached hydrogen (secondary N) is 1. The van der Waals surface area contributed by atoms with Crippen molar-refractivity contribution in [3.63, 3.8) is 0 Å². The summed E-state index contributed by atoms with van der Waals surface area (Å²) in [6.07, 6.45) is 0. The van der Waals surface area contributed by atoms with Crippen LogP contribution in [0, 0.1) is 20.8 Å². The molecule has 6 nitrogen and oxygen atoms in total. The summed E-state index contributed by atoms with van der Waals surface area (Å²) < 4.78 is 4.93. The third-order valence-corrected chi connectivity index (χ3v) is 4.13. The number of rotatable bonds is 3. The van der Waals surface area contributed by atoms with Crippen molar-refractivity contribution in [1.29, 1.82) is 0 Å². The normalized spacial score (nSPS) is 14.5. The number of imide groups is 1. The maximum Gasteiger partial charge on any atom is 0.259 e. The highest BCUT2D eigenvalue weighted by molar-refractivity contribution is 6.17. The fraction of sp³-hybridized carbons (Fsp3) is 0.250. The largest absolute Gasteiger partial charge is 0.362 e. The highest BCUT2D eigenvalue weighted by Gasteiger charge is 2.29. The zero-order chi connectivity index (χ0) is 18.8. The number of morpholine rings is 1. The molecule has 1 saturated heterocycles. The monoisotopic (exact) mass is 352 g/mol. The Kier molecular flexibility index (Phi) is 4.86. The van der Waals surface area contributed by atoms with Crippen molar-refractivity contribution in [2.45, 2.75) is 20.8 Å². The summed E-state index contributed by atoms with van der Waals surface area (Å²) in [6.45, 7) is 5.45. The zero-order valence-corrected chi connectivity index (χ0v) is 15.0. The van der Waals surface area contributed by atoms with Gasteiger partial charge < -0.3 is 10.1 Å². The van der Waals surface area contributed by atoms with Crippen molar-refractivity contribution < 1.29 is 19.1 Å². The van der Waals surface area contributed by atoms with Gasteiger partial charge in [0.1, 0.15) is 13.2 Å². The van der Waals surface area contributed by atoms with Crippen LogP contribution < -0.4 is 10.2 Å². The molecule has 3 rings (SSSR count). The van der Waals surface area contributed by atoms with E-state index >= 15 is 0 Å². The van der Waals surface area contributed by atoms with Crippen LogP contribution in [0.25, 0.3) is 0 Å². The van der Waals surface area contributed by atoms with Crippen LogP contribution >= 0.6 is 0 Å². The second-order valence-electron chi connectivity index (χ2n) is 6.45. The van der Waals surface area contributed by atoms with Crippen molar-refractivity contribution in [3.8, 4) is 0 Å². The first-order valence-electron chi connectivity index (χ1n) is 8.29. The summed E-state index contributed by atoms with van der Waals surface area (Å²) in [5.41, 5.74) is 4.46. The van der Waals surface area contributed by atoms with Gasteiger partial charge in [-0.05, 0) is 67.8 Å². The molecule has 0 aliphatic carbocycles. The van der Waals surface area contributed by atoms with Crippen LogP contribution in [0.15, 0.2) is 36.4 Å². The van der Waals surface area contributed by atoms with E-state index in [0.29, 0.717) is 16.8 Å². The van der Waals surface area contributed by atoms with Gasteiger partial charge in [-0.3, -0.25) is 14.4 Å². The molecule has 0 bridgehead atoms. The Labute approximate surface area is 151 Å². The van der Waals surface area contributed by atoms with Gasteiger partial charge in [-0.25, -0.2) is 4.90 Å². The molecule has 134 valence electrons. The lowest BCUT2D eigenvalue weighted by Gasteiger charge is -2.26. The lowest BCUT2D eigenvalue weighted by Crippen LogP contribution is -2.46. The van der Waals surface area contributed by atoms with Gasteiger partial charge in [0.15, 0.2) is 0 Å². The summed E-state index contributed by atoms with van der Waals surface area (Å²) in [5, 5.41) is 2.88. The Balaban J connectivity index is 1.83. The fourth-order valence-electron chi connectivity index (χ4n) is 3.06. The summed E-state index contributed by atoms with van der Waals surface area (Å²) >= 11 is 0. The number of ether oxygens (including phenoxy) is 1. The average molecular weight is 352 g/mol. The molecule has 0 aromatic heterocycles. The van der Waals surface area contributed by atoms with Crippen LogP contribution in [0.1, 0.15) is 27.0 Å². The number of carbonyl (C=O) groups excluding carboxylic acids is 3. The Morgan fingerprint density at radius 1 is 0.962 bits per heavy atom. The second kappa shape index (κ2) is 7.09. The molecular weight excluding hydrogens is 332 g/mol. The van der Waals surface area contributed by atoms with Gasteiger partial charge in [-0.1, -0.05) is 6.07 Å². The highest BCUT2D eigenvalue weighted by Crippen LogP contribution is 2.24. The molecule has 0 radical (unpaired) electrons. The van der Waals surface area contributed by atoms with Gasteiger partial charge in [0.25, 0.3) is 17.7 Å². The standard InChI is InChI=1S/C20H20N2O4/c1-12-6-13(2)8-16(7-12)21-20(25)15-4-5-17(14(3)9-15)22-18(23)10-26-11-19(22)24/h4-9H,10-11H2,1-3H3,(H,21,25). The number of aryl methyl sites for hydroxylation is 3. The minimum absolute atomic E-state index is 0.125. The molecule has 1 N–H and O–H groups in total. The summed E-state index contributed by atoms with van der Waals surface area (Å²) in [6, 6.07) is 10.7. The molecule has 3 amide bonds. The molecule has 0 saturated carbocycles. The Morgan fingerprint density at radius 2 is 1.58 bits per heavy atom. The van der Waals surface area contributed by atoms with Crippen LogP contribution in [0.2, 0.25) is 0 Å². The number of carbonyl (C=O) groups is 3. The quantitative estimate of drug-likeness (QED) is 0.862. The minimum Gasteiger partial charge on any atom is -0.362 e. The van der Waals surface area contributed by atoms with Crippen molar-refractivity contribution in [1.82, 2.24) is 0 Å². The molecule has 2 aromatic carbocycles. The lowest BCUT2D eigenvalue weighted by atomic mass is 10.1. The summed E-state index contributed by atoms with van der Waals surface area (Å²) in [7, 11) is 0. The first kappa shape index (κ1) is 17.8. The summed E-state index contributed by atoms with van der Waals surface area (Å²) in [4.78, 5) is 37.6. The third kappa shape index (κ3) is 3.65. The van der Waals surface area contributed by atoms with Gasteiger partial charge in [0.05, 0.1) is 5.69 Å². The number of nitrogens with zero attached hydrogens (tertiary/aromatic N) is 1. The maximum atomic E-state index is 12.5. The molecule has 1 fully saturated rings. The minimum atomic E-state index is -0.406. The van der Waals surface area contributed by atoms with Crippen LogP contribution in [0.4, 0.5) is 11.4 Å². The SMILES string of the molecule is Cc1cc(C)cc(NC(=O)c2ccc(N3C(=O)COCC3=O)c(C)c2)c1. The van der Waals surface area contributed by atoms with E-state index in [4.69, 9.17) is 4.74 Å². The number of benzene rings is 2. The fourth-order valence-corrected chi connectivity index (χ4v) is 3.06. The summed E-state index contributed by atoms with van der Waals surface area (Å²) in [5.74, 6) is -1.06. The average Bonchev–Trinajstić information content (AvgIpc) is 2.55. The van der Waals surface area contributed by atoms with E-state index < -0.39 is 11.8 Å². The number of amides is 3. The molecule has 26 heavy (non-hydrogen) atoms. The Hall–Kier alpha value is -2.99. The maximum absolute atomic E-state index is 12.5. The molecule has 2 aromatic rings. The van der Waals surface area contributed by atoms with Gasteiger partial charge in [0.2, 0.25) is 0 Å². The van der Waals surface area contributed by atoms with Crippen molar-refractivity contribution in [2.24, 2.45) is 0 Å². The van der Waals surface area contributed by atoms with E-state index in [2.05, 4.69) is 5.32 Å². The smallest absolute Gasteiger partial charge is 0.259 e. The van der Waals surface area contributed by atoms with Crippen molar-refractivity contribution in [2.75, 3.05) is 23.4 Å². The molecule has 1 aliphatic heterocycles. The molecule has 0 atom stereocenters. The molecule has 1 aliphatic rings.